The molecule has 0 spiro atoms. The van der Waals surface area contributed by atoms with Crippen molar-refractivity contribution in [2.75, 3.05) is 6.54 Å². The Labute approximate surface area is 96.9 Å². The van der Waals surface area contributed by atoms with E-state index < -0.39 is 0 Å². The van der Waals surface area contributed by atoms with E-state index in [0.717, 1.165) is 18.7 Å². The predicted octanol–water partition coefficient (Wildman–Crippen LogP) is 0.894. The molecule has 1 aromatic heterocycles. The van der Waals surface area contributed by atoms with Gasteiger partial charge in [0.05, 0.1) is 23.5 Å². The summed E-state index contributed by atoms with van der Waals surface area (Å²) in [7, 11) is 0. The summed E-state index contributed by atoms with van der Waals surface area (Å²) < 4.78 is 1.86. The van der Waals surface area contributed by atoms with Crippen molar-refractivity contribution in [2.45, 2.75) is 52.3 Å². The molecule has 1 unspecified atom stereocenters. The number of nitrogens with one attached hydrogen (secondary N) is 1. The van der Waals surface area contributed by atoms with Gasteiger partial charge in [-0.3, -0.25) is 0 Å². The molecule has 1 aromatic rings. The summed E-state index contributed by atoms with van der Waals surface area (Å²) in [5.41, 5.74) is 0.908. The summed E-state index contributed by atoms with van der Waals surface area (Å²) in [6.07, 6.45) is 2.46. The van der Waals surface area contributed by atoms with Crippen LogP contribution in [-0.2, 0) is 12.1 Å². The average Bonchev–Trinajstić information content (AvgIpc) is 2.59. The molecule has 1 rings (SSSR count). The Morgan fingerprint density at radius 2 is 2.19 bits per heavy atom. The third-order valence-electron chi connectivity index (χ3n) is 2.27. The first-order valence-electron chi connectivity index (χ1n) is 5.70. The lowest BCUT2D eigenvalue weighted by Gasteiger charge is -2.17. The van der Waals surface area contributed by atoms with Gasteiger partial charge in [0.2, 0.25) is 0 Å². The van der Waals surface area contributed by atoms with Gasteiger partial charge in [-0.05, 0) is 40.7 Å². The normalized spacial score (nSPS) is 14.1. The molecule has 0 fully saturated rings. The minimum absolute atomic E-state index is 0.0230. The van der Waals surface area contributed by atoms with E-state index in [1.54, 1.807) is 6.92 Å². The monoisotopic (exact) mass is 226 g/mol. The molecule has 2 N–H and O–H groups in total. The molecule has 0 radical (unpaired) electrons. The molecule has 0 aromatic carbocycles. The summed E-state index contributed by atoms with van der Waals surface area (Å²) in [6.45, 7) is 9.55. The Hall–Kier alpha value is -0.940. The number of nitrogens with zero attached hydrogens (tertiary/aromatic N) is 3. The Kier molecular flexibility index (Phi) is 4.44. The third-order valence-corrected chi connectivity index (χ3v) is 2.27. The maximum Gasteiger partial charge on any atom is 0.0965 e. The van der Waals surface area contributed by atoms with E-state index in [0.29, 0.717) is 6.54 Å². The van der Waals surface area contributed by atoms with Crippen molar-refractivity contribution >= 4 is 0 Å². The molecule has 0 aliphatic carbocycles. The minimum atomic E-state index is -0.252. The van der Waals surface area contributed by atoms with Crippen molar-refractivity contribution in [3.63, 3.8) is 0 Å². The van der Waals surface area contributed by atoms with Crippen LogP contribution in [0, 0.1) is 0 Å². The first-order valence-corrected chi connectivity index (χ1v) is 5.70. The second kappa shape index (κ2) is 5.41. The number of hydrogen-bond acceptors (Lipinski definition) is 4. The molecule has 0 amide bonds. The van der Waals surface area contributed by atoms with E-state index in [9.17, 15) is 0 Å². The Balaban J connectivity index is 2.36. The van der Waals surface area contributed by atoms with E-state index in [2.05, 4.69) is 36.4 Å². The number of hydrogen-bond donors (Lipinski definition) is 2. The number of aliphatic hydroxyl groups is 1. The van der Waals surface area contributed by atoms with Crippen LogP contribution in [0.4, 0.5) is 0 Å². The summed E-state index contributed by atoms with van der Waals surface area (Å²) >= 11 is 0. The molecule has 0 saturated carbocycles. The predicted molar refractivity (Wildman–Crippen MR) is 63.0 cm³/mol. The van der Waals surface area contributed by atoms with Gasteiger partial charge in [-0.1, -0.05) is 5.21 Å². The van der Waals surface area contributed by atoms with E-state index >= 15 is 0 Å². The topological polar surface area (TPSA) is 63.0 Å². The molecule has 1 heterocycles. The quantitative estimate of drug-likeness (QED) is 0.732. The van der Waals surface area contributed by atoms with E-state index in [-0.39, 0.29) is 11.6 Å². The fourth-order valence-corrected chi connectivity index (χ4v) is 1.23. The van der Waals surface area contributed by atoms with Crippen molar-refractivity contribution in [1.29, 1.82) is 0 Å². The van der Waals surface area contributed by atoms with Crippen LogP contribution in [-0.4, -0.2) is 32.7 Å². The molecule has 5 heteroatoms. The zero-order chi connectivity index (χ0) is 12.2. The summed E-state index contributed by atoms with van der Waals surface area (Å²) in [6, 6.07) is 0. The molecular formula is C11H22N4O. The number of aromatic nitrogens is 3. The van der Waals surface area contributed by atoms with Crippen LogP contribution in [0.3, 0.4) is 0 Å². The van der Waals surface area contributed by atoms with Gasteiger partial charge >= 0.3 is 0 Å². The van der Waals surface area contributed by atoms with Crippen LogP contribution in [0.2, 0.25) is 0 Å². The van der Waals surface area contributed by atoms with Crippen molar-refractivity contribution in [1.82, 2.24) is 20.3 Å². The molecule has 0 saturated heterocycles. The van der Waals surface area contributed by atoms with E-state index in [1.165, 1.54) is 0 Å². The van der Waals surface area contributed by atoms with Gasteiger partial charge in [0.15, 0.2) is 0 Å². The van der Waals surface area contributed by atoms with Gasteiger partial charge in [0.1, 0.15) is 0 Å². The van der Waals surface area contributed by atoms with Crippen molar-refractivity contribution in [3.8, 4) is 0 Å². The van der Waals surface area contributed by atoms with Gasteiger partial charge in [-0.2, -0.15) is 0 Å². The van der Waals surface area contributed by atoms with Gasteiger partial charge in [-0.25, -0.2) is 4.68 Å². The molecule has 5 nitrogen and oxygen atoms in total. The fraction of sp³-hybridized carbons (Fsp3) is 0.818. The largest absolute Gasteiger partial charge is 0.393 e. The summed E-state index contributed by atoms with van der Waals surface area (Å²) in [5, 5.41) is 20.5. The highest BCUT2D eigenvalue weighted by atomic mass is 16.3. The smallest absolute Gasteiger partial charge is 0.0965 e. The van der Waals surface area contributed by atoms with Crippen LogP contribution in [0.1, 0.15) is 39.8 Å². The second-order valence-corrected chi connectivity index (χ2v) is 5.14. The zero-order valence-electron chi connectivity index (χ0n) is 10.6. The third kappa shape index (κ3) is 4.28. The van der Waals surface area contributed by atoms with Gasteiger partial charge in [0, 0.05) is 6.54 Å². The van der Waals surface area contributed by atoms with Crippen LogP contribution < -0.4 is 5.32 Å². The molecule has 1 atom stereocenters. The summed E-state index contributed by atoms with van der Waals surface area (Å²) in [5.74, 6) is 0. The van der Waals surface area contributed by atoms with Crippen LogP contribution in [0.15, 0.2) is 6.20 Å². The lowest BCUT2D eigenvalue weighted by molar-refractivity contribution is 0.183. The Morgan fingerprint density at radius 3 is 2.69 bits per heavy atom. The van der Waals surface area contributed by atoms with Crippen molar-refractivity contribution in [3.05, 3.63) is 11.9 Å². The molecule has 0 bridgehead atoms. The second-order valence-electron chi connectivity index (χ2n) is 5.14. The first kappa shape index (κ1) is 13.1. The standard InChI is InChI=1S/C11H22N4O/c1-9(16)5-6-12-7-10-8-15(14-13-10)11(2,3)4/h8-9,12,16H,5-7H2,1-4H3. The van der Waals surface area contributed by atoms with Gasteiger partial charge in [0.25, 0.3) is 0 Å². The Morgan fingerprint density at radius 1 is 1.50 bits per heavy atom. The zero-order valence-corrected chi connectivity index (χ0v) is 10.6. The molecule has 0 aliphatic rings. The first-order chi connectivity index (χ1) is 7.39. The molecule has 16 heavy (non-hydrogen) atoms. The highest BCUT2D eigenvalue weighted by Crippen LogP contribution is 2.11. The maximum absolute atomic E-state index is 9.09. The molecule has 0 aliphatic heterocycles. The van der Waals surface area contributed by atoms with Crippen molar-refractivity contribution < 1.29 is 5.11 Å². The summed E-state index contributed by atoms with van der Waals surface area (Å²) in [4.78, 5) is 0. The highest BCUT2D eigenvalue weighted by molar-refractivity contribution is 4.93. The van der Waals surface area contributed by atoms with Crippen molar-refractivity contribution in [2.24, 2.45) is 0 Å². The van der Waals surface area contributed by atoms with E-state index in [1.807, 2.05) is 10.9 Å². The minimum Gasteiger partial charge on any atom is -0.393 e. The SMILES string of the molecule is CC(O)CCNCc1cn(C(C)(C)C)nn1. The van der Waals surface area contributed by atoms with E-state index in [4.69, 9.17) is 5.11 Å². The number of aliphatic hydroxyl groups excluding tert-OH is 1. The molecule has 92 valence electrons. The van der Waals surface area contributed by atoms with Gasteiger partial charge in [-0.15, -0.1) is 5.10 Å². The van der Waals surface area contributed by atoms with Crippen LogP contribution in [0.5, 0.6) is 0 Å². The van der Waals surface area contributed by atoms with Crippen LogP contribution >= 0.6 is 0 Å². The average molecular weight is 226 g/mol. The number of rotatable bonds is 5. The van der Waals surface area contributed by atoms with Gasteiger partial charge < -0.3 is 10.4 Å². The van der Waals surface area contributed by atoms with Crippen LogP contribution in [0.25, 0.3) is 0 Å². The fourth-order valence-electron chi connectivity index (χ4n) is 1.23. The molecular weight excluding hydrogens is 204 g/mol. The Bertz CT molecular complexity index is 314. The lowest BCUT2D eigenvalue weighted by atomic mass is 10.1. The highest BCUT2D eigenvalue weighted by Gasteiger charge is 2.14. The lowest BCUT2D eigenvalue weighted by Crippen LogP contribution is -2.22. The maximum atomic E-state index is 9.09.